The summed E-state index contributed by atoms with van der Waals surface area (Å²) in [7, 11) is 0. The Balaban J connectivity index is 0. The van der Waals surface area contributed by atoms with Crippen LogP contribution in [0.3, 0.4) is 0 Å². The lowest BCUT2D eigenvalue weighted by molar-refractivity contribution is 1.14. The van der Waals surface area contributed by atoms with E-state index in [9.17, 15) is 0 Å². The van der Waals surface area contributed by atoms with Gasteiger partial charge in [0, 0.05) is 9.34 Å². The Morgan fingerprint density at radius 3 is 1.45 bits per heavy atom. The molecule has 20 heavy (non-hydrogen) atoms. The molecule has 0 aromatic heterocycles. The van der Waals surface area contributed by atoms with Crippen LogP contribution in [-0.2, 0) is 6.42 Å². The topological polar surface area (TPSA) is 0 Å². The van der Waals surface area contributed by atoms with Crippen molar-refractivity contribution in [2.75, 3.05) is 4.93 Å². The van der Waals surface area contributed by atoms with Gasteiger partial charge in [-0.15, -0.1) is 0 Å². The summed E-state index contributed by atoms with van der Waals surface area (Å²) in [4.78, 5) is 1.97. The normalized spacial score (nSPS) is 7.40. The van der Waals surface area contributed by atoms with Crippen molar-refractivity contribution in [3.8, 4) is 0 Å². The molecule has 108 valence electrons. The Kier molecular flexibility index (Phi) is 20.5. The quantitative estimate of drug-likeness (QED) is 0.278. The zero-order valence-electron chi connectivity index (χ0n) is 11.6. The lowest BCUT2D eigenvalue weighted by Gasteiger charge is -1.89. The van der Waals surface area contributed by atoms with Gasteiger partial charge in [0.05, 0.1) is 0 Å². The Hall–Kier alpha value is -0.320. The second-order valence-corrected chi connectivity index (χ2v) is 4.32. The maximum atomic E-state index is 5.54. The molecule has 0 radical (unpaired) electrons. The summed E-state index contributed by atoms with van der Waals surface area (Å²) in [6.07, 6.45) is 1.14. The average Bonchev–Trinajstić information content (AvgIpc) is 2.52. The molecular weight excluding hydrogens is 419 g/mol. The lowest BCUT2D eigenvalue weighted by Crippen LogP contribution is -1.73. The van der Waals surface area contributed by atoms with Crippen LogP contribution >= 0.6 is 58.6 Å². The van der Waals surface area contributed by atoms with Crippen molar-refractivity contribution in [2.24, 2.45) is 0 Å². The van der Waals surface area contributed by atoms with Crippen molar-refractivity contribution >= 4 is 62.9 Å². The van der Waals surface area contributed by atoms with Crippen molar-refractivity contribution in [1.29, 1.82) is 0 Å². The van der Waals surface area contributed by atoms with Gasteiger partial charge in [-0.3, -0.25) is 0 Å². The van der Waals surface area contributed by atoms with Gasteiger partial charge in [-0.05, 0) is 53.5 Å². The minimum absolute atomic E-state index is 0.794. The summed E-state index contributed by atoms with van der Waals surface area (Å²) in [5.41, 5.74) is 1.41. The van der Waals surface area contributed by atoms with Crippen LogP contribution in [0, 0.1) is 0 Å². The van der Waals surface area contributed by atoms with E-state index in [0.717, 1.165) is 11.4 Å². The van der Waals surface area contributed by atoms with E-state index in [0.29, 0.717) is 0 Å². The van der Waals surface area contributed by atoms with Crippen molar-refractivity contribution in [3.05, 3.63) is 71.2 Å². The SMILES string of the molecule is CCc1ccccc1.CI.Clc1ccccc1.S=C=S. The first-order valence-electron chi connectivity index (χ1n) is 5.86. The predicted octanol–water partition coefficient (Wildman–Crippen LogP) is 6.66. The molecule has 0 saturated carbocycles. The van der Waals surface area contributed by atoms with Crippen molar-refractivity contribution in [1.82, 2.24) is 0 Å². The van der Waals surface area contributed by atoms with Crippen molar-refractivity contribution in [3.63, 3.8) is 0 Å². The number of benzene rings is 2. The van der Waals surface area contributed by atoms with Gasteiger partial charge in [0.15, 0.2) is 0 Å². The van der Waals surface area contributed by atoms with Crippen LogP contribution < -0.4 is 0 Å². The van der Waals surface area contributed by atoms with Gasteiger partial charge in [-0.2, -0.15) is 0 Å². The number of alkyl halides is 1. The summed E-state index contributed by atoms with van der Waals surface area (Å²) in [5, 5.41) is 0.794. The van der Waals surface area contributed by atoms with E-state index in [4.69, 9.17) is 11.6 Å². The molecule has 0 fully saturated rings. The van der Waals surface area contributed by atoms with Crippen LogP contribution in [0.2, 0.25) is 5.02 Å². The summed E-state index contributed by atoms with van der Waals surface area (Å²) in [6, 6.07) is 19.9. The van der Waals surface area contributed by atoms with Crippen LogP contribution in [0.1, 0.15) is 12.5 Å². The van der Waals surface area contributed by atoms with Crippen LogP contribution in [0.5, 0.6) is 0 Å². The van der Waals surface area contributed by atoms with Crippen LogP contribution in [0.25, 0.3) is 0 Å². The molecule has 0 bridgehead atoms. The first-order valence-corrected chi connectivity index (χ1v) is 9.21. The minimum Gasteiger partial charge on any atom is -0.0901 e. The highest BCUT2D eigenvalue weighted by atomic mass is 127. The van der Waals surface area contributed by atoms with Crippen LogP contribution in [0.4, 0.5) is 0 Å². The van der Waals surface area contributed by atoms with Gasteiger partial charge in [-0.1, -0.05) is 89.6 Å². The lowest BCUT2D eigenvalue weighted by atomic mass is 10.2. The van der Waals surface area contributed by atoms with E-state index in [1.807, 2.05) is 45.6 Å². The third-order valence-corrected chi connectivity index (χ3v) is 2.24. The Labute approximate surface area is 151 Å². The Bertz CT molecular complexity index is 441. The molecular formula is C16H18ClIS2. The summed E-state index contributed by atoms with van der Waals surface area (Å²) < 4.78 is 1.92. The van der Waals surface area contributed by atoms with Crippen molar-refractivity contribution < 1.29 is 0 Å². The van der Waals surface area contributed by atoms with Gasteiger partial charge < -0.3 is 0 Å². The summed E-state index contributed by atoms with van der Waals surface area (Å²) in [6.45, 7) is 2.16. The predicted molar refractivity (Wildman–Crippen MR) is 107 cm³/mol. The Morgan fingerprint density at radius 1 is 0.900 bits per heavy atom. The molecule has 0 aliphatic heterocycles. The van der Waals surface area contributed by atoms with Gasteiger partial charge >= 0.3 is 0 Å². The van der Waals surface area contributed by atoms with Crippen molar-refractivity contribution in [2.45, 2.75) is 13.3 Å². The molecule has 0 spiro atoms. The third-order valence-electron chi connectivity index (χ3n) is 1.98. The van der Waals surface area contributed by atoms with E-state index in [-0.39, 0.29) is 0 Å². The van der Waals surface area contributed by atoms with Crippen LogP contribution in [-0.4, -0.2) is 9.24 Å². The highest BCUT2D eigenvalue weighted by Gasteiger charge is 1.80. The molecule has 4 heteroatoms. The molecule has 0 unspecified atom stereocenters. The fourth-order valence-electron chi connectivity index (χ4n) is 1.13. The van der Waals surface area contributed by atoms with E-state index in [1.54, 1.807) is 0 Å². The molecule has 0 aliphatic carbocycles. The molecule has 0 saturated heterocycles. The third kappa shape index (κ3) is 15.7. The highest BCUT2D eigenvalue weighted by Crippen LogP contribution is 2.03. The van der Waals surface area contributed by atoms with E-state index in [2.05, 4.69) is 78.2 Å². The highest BCUT2D eigenvalue weighted by molar-refractivity contribution is 14.1. The zero-order chi connectivity index (χ0) is 15.6. The number of rotatable bonds is 1. The van der Waals surface area contributed by atoms with Gasteiger partial charge in [0.1, 0.15) is 0 Å². The van der Waals surface area contributed by atoms with Gasteiger partial charge in [0.25, 0.3) is 0 Å². The number of hydrogen-bond donors (Lipinski definition) is 0. The minimum atomic E-state index is 0.794. The van der Waals surface area contributed by atoms with E-state index in [1.165, 1.54) is 5.56 Å². The van der Waals surface area contributed by atoms with Crippen LogP contribution in [0.15, 0.2) is 60.7 Å². The van der Waals surface area contributed by atoms with E-state index < -0.39 is 0 Å². The molecule has 0 nitrogen and oxygen atoms in total. The number of halogens is 2. The van der Waals surface area contributed by atoms with Gasteiger partial charge in [0.2, 0.25) is 0 Å². The maximum absolute atomic E-state index is 5.54. The second-order valence-electron chi connectivity index (χ2n) is 3.22. The molecule has 2 aromatic rings. The standard InChI is InChI=1S/C8H10.C6H5Cl.CH3I.CS2/c1-2-8-6-4-3-5-7-8;7-6-4-2-1-3-5-6;1-2;2-1-3/h3-7H,2H2,1H3;1-5H;1H3;. The first kappa shape index (κ1) is 22.0. The first-order chi connectivity index (χ1) is 9.74. The average molecular weight is 437 g/mol. The molecule has 0 amide bonds. The number of hydrogen-bond acceptors (Lipinski definition) is 2. The second kappa shape index (κ2) is 18.7. The largest absolute Gasteiger partial charge is 0.0901 e. The summed E-state index contributed by atoms with van der Waals surface area (Å²) in [5.74, 6) is 0. The maximum Gasteiger partial charge on any atom is 0.0405 e. The Morgan fingerprint density at radius 2 is 1.25 bits per heavy atom. The molecule has 2 rings (SSSR count). The molecule has 0 heterocycles. The number of aryl methyl sites for hydroxylation is 1. The summed E-state index contributed by atoms with van der Waals surface area (Å²) >= 11 is 15.6. The monoisotopic (exact) mass is 436 g/mol. The number of thiocarbonyl (C=S) groups is 2. The smallest absolute Gasteiger partial charge is 0.0405 e. The van der Waals surface area contributed by atoms with E-state index >= 15 is 0 Å². The molecule has 0 atom stereocenters. The molecule has 0 N–H and O–H groups in total. The fraction of sp³-hybridized carbons (Fsp3) is 0.188. The fourth-order valence-corrected chi connectivity index (χ4v) is 1.27. The van der Waals surface area contributed by atoms with Gasteiger partial charge in [-0.25, -0.2) is 0 Å². The molecule has 0 aliphatic rings. The zero-order valence-corrected chi connectivity index (χ0v) is 16.1. The molecule has 2 aromatic carbocycles.